The van der Waals surface area contributed by atoms with Crippen LogP contribution in [-0.2, 0) is 22.7 Å². The van der Waals surface area contributed by atoms with E-state index in [1.165, 1.54) is 35.2 Å². The first kappa shape index (κ1) is 36.3. The number of fused-ring (bicyclic) bond motifs is 1. The van der Waals surface area contributed by atoms with E-state index in [-0.39, 0.29) is 24.8 Å². The molecular weight excluding hydrogens is 668 g/mol. The monoisotopic (exact) mass is 701 g/mol. The number of Topliss-reactive ketones (excluding diaryl/α,β-unsaturated/α-hetero) is 1. The van der Waals surface area contributed by atoms with Gasteiger partial charge in [0.2, 0.25) is 5.91 Å². The van der Waals surface area contributed by atoms with Gasteiger partial charge in [0.25, 0.3) is 5.69 Å². The van der Waals surface area contributed by atoms with Gasteiger partial charge in [-0.05, 0) is 74.6 Å². The minimum Gasteiger partial charge on any atom is -0.361 e. The first-order chi connectivity index (χ1) is 23.4. The molecule has 2 atom stereocenters. The first-order valence-electron chi connectivity index (χ1n) is 15.4. The van der Waals surface area contributed by atoms with Gasteiger partial charge in [0.1, 0.15) is 6.04 Å². The summed E-state index contributed by atoms with van der Waals surface area (Å²) >= 11 is 0. The molecule has 5 rings (SSSR count). The number of hydrogen-bond acceptors (Lipinski definition) is 6. The number of nitrogens with zero attached hydrogens (tertiary/aromatic N) is 4. The number of carbonyl (C=O) groups is 2. The third-order valence-corrected chi connectivity index (χ3v) is 8.99. The predicted molar refractivity (Wildman–Crippen MR) is 174 cm³/mol. The average molecular weight is 702 g/mol. The molecule has 2 unspecified atom stereocenters. The Morgan fingerprint density at radius 3 is 2.18 bits per heavy atom. The van der Waals surface area contributed by atoms with Crippen molar-refractivity contribution in [3.05, 3.63) is 117 Å². The van der Waals surface area contributed by atoms with Crippen LogP contribution in [0.15, 0.2) is 79.0 Å². The zero-order valence-electron chi connectivity index (χ0n) is 27.2. The number of nitro groups is 1. The minimum absolute atomic E-state index is 0.0459. The van der Waals surface area contributed by atoms with Gasteiger partial charge in [-0.15, -0.1) is 0 Å². The molecule has 0 radical (unpaired) electrons. The lowest BCUT2D eigenvalue weighted by Gasteiger charge is -2.54. The highest BCUT2D eigenvalue weighted by atomic mass is 19.4. The van der Waals surface area contributed by atoms with Crippen LogP contribution in [0, 0.1) is 10.1 Å². The molecule has 9 nitrogen and oxygen atoms in total. The summed E-state index contributed by atoms with van der Waals surface area (Å²) in [7, 11) is 3.66. The second kappa shape index (κ2) is 13.7. The number of alkyl halides is 6. The van der Waals surface area contributed by atoms with Crippen molar-refractivity contribution in [3.63, 3.8) is 0 Å². The van der Waals surface area contributed by atoms with Crippen molar-refractivity contribution >= 4 is 34.4 Å². The number of rotatable bonds is 9. The number of piperazine rings is 1. The Bertz CT molecular complexity index is 1900. The summed E-state index contributed by atoms with van der Waals surface area (Å²) in [5.41, 5.74) is -4.21. The summed E-state index contributed by atoms with van der Waals surface area (Å²) in [6.07, 6.45) is -6.28. The van der Waals surface area contributed by atoms with E-state index in [0.717, 1.165) is 6.08 Å². The quantitative estimate of drug-likeness (QED) is 0.0663. The molecule has 1 saturated heterocycles. The second-order valence-corrected chi connectivity index (χ2v) is 12.5. The average Bonchev–Trinajstić information content (AvgIpc) is 3.50. The standard InChI is InChI=1S/C35H33F6N5O4/c1-33(28-21-42-29-7-5-4-6-27(28)29)32(31(48)23-18-24(34(36,37)38)20-25(19-23)35(39,40)41)45(17-16-44(33)15-14-43(2)3)30(47)13-10-22-8-11-26(12-9-22)46(49)50/h4-13,18-21,32,42H,14-17H2,1-3H3. The van der Waals surface area contributed by atoms with Crippen molar-refractivity contribution in [1.82, 2.24) is 19.7 Å². The van der Waals surface area contributed by atoms with Gasteiger partial charge in [-0.25, -0.2) is 0 Å². The second-order valence-electron chi connectivity index (χ2n) is 12.5. The van der Waals surface area contributed by atoms with E-state index in [4.69, 9.17) is 0 Å². The molecule has 1 N–H and O–H groups in total. The van der Waals surface area contributed by atoms with Crippen LogP contribution in [0.3, 0.4) is 0 Å². The van der Waals surface area contributed by atoms with Crippen LogP contribution >= 0.6 is 0 Å². The number of likely N-dealkylation sites (N-methyl/N-ethyl adjacent to an activating group) is 1. The van der Waals surface area contributed by atoms with Crippen LogP contribution in [0.5, 0.6) is 0 Å². The lowest BCUT2D eigenvalue weighted by molar-refractivity contribution is -0.384. The lowest BCUT2D eigenvalue weighted by Crippen LogP contribution is -2.68. The molecule has 0 spiro atoms. The molecule has 264 valence electrons. The summed E-state index contributed by atoms with van der Waals surface area (Å²) in [4.78, 5) is 47.3. The Balaban J connectivity index is 1.71. The summed E-state index contributed by atoms with van der Waals surface area (Å²) in [6.45, 7) is 2.61. The Morgan fingerprint density at radius 1 is 0.980 bits per heavy atom. The van der Waals surface area contributed by atoms with Crippen LogP contribution in [0.2, 0.25) is 0 Å². The van der Waals surface area contributed by atoms with Crippen LogP contribution in [-0.4, -0.2) is 82.6 Å². The number of H-pyrrole nitrogens is 1. The molecule has 1 fully saturated rings. The predicted octanol–water partition coefficient (Wildman–Crippen LogP) is 7.00. The van der Waals surface area contributed by atoms with Crippen molar-refractivity contribution in [1.29, 1.82) is 0 Å². The van der Waals surface area contributed by atoms with E-state index in [0.29, 0.717) is 47.3 Å². The molecule has 15 heteroatoms. The summed E-state index contributed by atoms with van der Waals surface area (Å²) in [5, 5.41) is 11.7. The van der Waals surface area contributed by atoms with E-state index < -0.39 is 57.2 Å². The number of halogens is 6. The van der Waals surface area contributed by atoms with Gasteiger partial charge < -0.3 is 14.8 Å². The van der Waals surface area contributed by atoms with Gasteiger partial charge in [-0.1, -0.05) is 18.2 Å². The maximum absolute atomic E-state index is 14.7. The molecular formula is C35H33F6N5O4. The van der Waals surface area contributed by atoms with Crippen LogP contribution in [0.1, 0.15) is 39.5 Å². The number of aromatic amines is 1. The van der Waals surface area contributed by atoms with Crippen molar-refractivity contribution in [3.8, 4) is 0 Å². The van der Waals surface area contributed by atoms with Crippen molar-refractivity contribution in [2.75, 3.05) is 40.3 Å². The fourth-order valence-corrected chi connectivity index (χ4v) is 6.40. The Kier molecular flexibility index (Phi) is 9.94. The molecule has 0 saturated carbocycles. The van der Waals surface area contributed by atoms with Gasteiger partial charge in [-0.3, -0.25) is 24.6 Å². The number of nitrogens with one attached hydrogen (secondary N) is 1. The number of para-hydroxylation sites is 1. The Hall–Kier alpha value is -5.02. The van der Waals surface area contributed by atoms with E-state index in [1.54, 1.807) is 37.4 Å². The number of carbonyl (C=O) groups excluding carboxylic acids is 2. The zero-order valence-corrected chi connectivity index (χ0v) is 27.2. The largest absolute Gasteiger partial charge is 0.416 e. The fraction of sp³-hybridized carbons (Fsp3) is 0.314. The zero-order chi connectivity index (χ0) is 36.6. The Morgan fingerprint density at radius 2 is 1.60 bits per heavy atom. The number of non-ortho nitro benzene ring substituents is 1. The number of aromatic nitrogens is 1. The molecule has 4 aromatic rings. The fourth-order valence-electron chi connectivity index (χ4n) is 6.40. The molecule has 50 heavy (non-hydrogen) atoms. The van der Waals surface area contributed by atoms with Gasteiger partial charge in [0.15, 0.2) is 5.78 Å². The maximum Gasteiger partial charge on any atom is 0.416 e. The summed E-state index contributed by atoms with van der Waals surface area (Å²) in [5.74, 6) is -1.84. The molecule has 2 heterocycles. The van der Waals surface area contributed by atoms with Crippen molar-refractivity contribution < 1.29 is 40.9 Å². The summed E-state index contributed by atoms with van der Waals surface area (Å²) < 4.78 is 83.8. The molecule has 1 aliphatic rings. The SMILES string of the molecule is CN(C)CCN1CCN(C(=O)C=Cc2ccc([N+](=O)[O-])cc2)C(C(=O)c2cc(C(F)(F)F)cc(C(F)(F)F)c2)C1(C)c1c[nH]c2ccccc12. The number of benzene rings is 3. The minimum atomic E-state index is -5.20. The van der Waals surface area contributed by atoms with Gasteiger partial charge >= 0.3 is 12.4 Å². The highest BCUT2D eigenvalue weighted by Crippen LogP contribution is 2.44. The van der Waals surface area contributed by atoms with Crippen LogP contribution in [0.25, 0.3) is 17.0 Å². The maximum atomic E-state index is 14.7. The number of nitro benzene ring substituents is 1. The Labute approximate surface area is 282 Å². The van der Waals surface area contributed by atoms with E-state index >= 15 is 0 Å². The van der Waals surface area contributed by atoms with Crippen LogP contribution < -0.4 is 0 Å². The van der Waals surface area contributed by atoms with Crippen molar-refractivity contribution in [2.24, 2.45) is 0 Å². The van der Waals surface area contributed by atoms with Gasteiger partial charge in [0.05, 0.1) is 21.6 Å². The lowest BCUT2D eigenvalue weighted by atomic mass is 9.76. The first-order valence-corrected chi connectivity index (χ1v) is 15.4. The van der Waals surface area contributed by atoms with Crippen LogP contribution in [0.4, 0.5) is 32.0 Å². The molecule has 1 aliphatic heterocycles. The van der Waals surface area contributed by atoms with Gasteiger partial charge in [0, 0.05) is 67.1 Å². The smallest absolute Gasteiger partial charge is 0.361 e. The number of hydrogen-bond donors (Lipinski definition) is 1. The topological polar surface area (TPSA) is 103 Å². The number of amides is 1. The summed E-state index contributed by atoms with van der Waals surface area (Å²) in [6, 6.07) is 11.5. The normalized spacial score (nSPS) is 19.1. The third-order valence-electron chi connectivity index (χ3n) is 8.99. The van der Waals surface area contributed by atoms with Crippen molar-refractivity contribution in [2.45, 2.75) is 30.9 Å². The molecule has 0 aliphatic carbocycles. The highest BCUT2D eigenvalue weighted by Gasteiger charge is 2.53. The number of ketones is 1. The molecule has 0 bridgehead atoms. The van der Waals surface area contributed by atoms with E-state index in [1.807, 2.05) is 23.9 Å². The highest BCUT2D eigenvalue weighted by molar-refractivity contribution is 6.05. The third kappa shape index (κ3) is 7.28. The van der Waals surface area contributed by atoms with E-state index in [9.17, 15) is 46.0 Å². The molecule has 1 amide bonds. The van der Waals surface area contributed by atoms with Gasteiger partial charge in [-0.2, -0.15) is 26.3 Å². The van der Waals surface area contributed by atoms with E-state index in [2.05, 4.69) is 4.98 Å². The molecule has 3 aromatic carbocycles. The molecule has 1 aromatic heterocycles.